The number of nitrogens with one attached hydrogen (secondary N) is 2. The van der Waals surface area contributed by atoms with Crippen molar-refractivity contribution in [1.29, 1.82) is 0 Å². The Kier molecular flexibility index (Phi) is 5.38. The number of aromatic nitrogens is 1. The van der Waals surface area contributed by atoms with Gasteiger partial charge in [-0.25, -0.2) is 9.18 Å². The van der Waals surface area contributed by atoms with Gasteiger partial charge in [-0.05, 0) is 66.1 Å². The second-order valence-corrected chi connectivity index (χ2v) is 8.91. The molecule has 2 aromatic carbocycles. The Hall–Kier alpha value is -3.25. The highest BCUT2D eigenvalue weighted by atomic mass is 32.1. The number of carbonyl (C=O) groups is 1. The summed E-state index contributed by atoms with van der Waals surface area (Å²) in [6.07, 6.45) is 5.85. The lowest BCUT2D eigenvalue weighted by molar-refractivity contribution is 0.244. The molecule has 0 bridgehead atoms. The molecule has 2 heterocycles. The van der Waals surface area contributed by atoms with E-state index < -0.39 is 0 Å². The molecule has 1 aliphatic carbocycles. The SMILES string of the molecule is O=C(Nc1cccc2cnccc12)N[C@H]1CCc2cc(F)ccc2[C@H]1Cc1cccs1. The third-order valence-corrected chi connectivity index (χ3v) is 6.86. The fourth-order valence-electron chi connectivity index (χ4n) is 4.51. The van der Waals surface area contributed by atoms with E-state index in [1.54, 1.807) is 29.8 Å². The molecule has 31 heavy (non-hydrogen) atoms. The molecule has 4 nitrogen and oxygen atoms in total. The first-order valence-corrected chi connectivity index (χ1v) is 11.3. The zero-order valence-corrected chi connectivity index (χ0v) is 17.7. The van der Waals surface area contributed by atoms with Crippen molar-refractivity contribution in [1.82, 2.24) is 10.3 Å². The summed E-state index contributed by atoms with van der Waals surface area (Å²) in [5.74, 6) is -0.103. The van der Waals surface area contributed by atoms with Crippen LogP contribution >= 0.6 is 11.3 Å². The number of halogens is 1. The van der Waals surface area contributed by atoms with Gasteiger partial charge >= 0.3 is 6.03 Å². The number of hydrogen-bond acceptors (Lipinski definition) is 3. The number of aryl methyl sites for hydroxylation is 1. The molecule has 0 unspecified atom stereocenters. The fourth-order valence-corrected chi connectivity index (χ4v) is 5.28. The molecule has 0 saturated heterocycles. The van der Waals surface area contributed by atoms with Crippen molar-refractivity contribution < 1.29 is 9.18 Å². The van der Waals surface area contributed by atoms with Gasteiger partial charge < -0.3 is 10.6 Å². The van der Waals surface area contributed by atoms with Crippen molar-refractivity contribution in [2.45, 2.75) is 31.2 Å². The summed E-state index contributed by atoms with van der Waals surface area (Å²) in [6.45, 7) is 0. The van der Waals surface area contributed by atoms with E-state index in [2.05, 4.69) is 27.1 Å². The van der Waals surface area contributed by atoms with Crippen LogP contribution in [0.5, 0.6) is 0 Å². The standard InChI is InChI=1S/C25H22FN3OS/c26-18-7-8-20-16(13-18)6-9-24(22(20)14-19-4-2-12-31-19)29-25(30)28-23-5-1-3-17-15-27-11-10-21(17)23/h1-5,7-8,10-13,15,22,24H,6,9,14H2,(H2,28,29,30)/t22-,24+/m1/s1. The number of benzene rings is 2. The van der Waals surface area contributed by atoms with Crippen molar-refractivity contribution >= 4 is 33.8 Å². The lowest BCUT2D eigenvalue weighted by atomic mass is 9.77. The van der Waals surface area contributed by atoms with E-state index in [4.69, 9.17) is 0 Å². The minimum Gasteiger partial charge on any atom is -0.334 e. The van der Waals surface area contributed by atoms with Crippen LogP contribution in [0.1, 0.15) is 28.3 Å². The molecule has 4 aromatic rings. The van der Waals surface area contributed by atoms with Crippen LogP contribution in [0.3, 0.4) is 0 Å². The van der Waals surface area contributed by atoms with Gasteiger partial charge in [0.2, 0.25) is 0 Å². The van der Waals surface area contributed by atoms with Crippen molar-refractivity contribution in [2.75, 3.05) is 5.32 Å². The van der Waals surface area contributed by atoms with Crippen LogP contribution in [-0.4, -0.2) is 17.1 Å². The lowest BCUT2D eigenvalue weighted by Crippen LogP contribution is -2.44. The van der Waals surface area contributed by atoms with Gasteiger partial charge in [0.1, 0.15) is 5.82 Å². The maximum atomic E-state index is 13.8. The molecule has 2 amide bonds. The minimum absolute atomic E-state index is 0.0308. The smallest absolute Gasteiger partial charge is 0.319 e. The lowest BCUT2D eigenvalue weighted by Gasteiger charge is -2.34. The Labute approximate surface area is 184 Å². The molecule has 0 spiro atoms. The third kappa shape index (κ3) is 4.16. The summed E-state index contributed by atoms with van der Waals surface area (Å²) < 4.78 is 13.8. The summed E-state index contributed by atoms with van der Waals surface area (Å²) in [5.41, 5.74) is 2.93. The van der Waals surface area contributed by atoms with Crippen LogP contribution in [0.15, 0.2) is 72.4 Å². The number of amides is 2. The largest absolute Gasteiger partial charge is 0.334 e. The normalized spacial score (nSPS) is 17.8. The van der Waals surface area contributed by atoms with E-state index >= 15 is 0 Å². The Bertz CT molecular complexity index is 1220. The van der Waals surface area contributed by atoms with Crippen molar-refractivity contribution in [3.05, 3.63) is 94.2 Å². The Balaban J connectivity index is 1.38. The highest BCUT2D eigenvalue weighted by Gasteiger charge is 2.31. The van der Waals surface area contributed by atoms with E-state index in [1.165, 1.54) is 10.9 Å². The van der Waals surface area contributed by atoms with Gasteiger partial charge in [-0.3, -0.25) is 4.98 Å². The molecular formula is C25H22FN3OS. The first-order chi connectivity index (χ1) is 15.2. The monoisotopic (exact) mass is 431 g/mol. The van der Waals surface area contributed by atoms with Gasteiger partial charge in [-0.15, -0.1) is 11.3 Å². The van der Waals surface area contributed by atoms with E-state index in [1.807, 2.05) is 36.4 Å². The van der Waals surface area contributed by atoms with Crippen molar-refractivity contribution in [2.24, 2.45) is 0 Å². The van der Waals surface area contributed by atoms with Crippen LogP contribution in [0.25, 0.3) is 10.8 Å². The van der Waals surface area contributed by atoms with E-state index in [9.17, 15) is 9.18 Å². The number of pyridine rings is 1. The average Bonchev–Trinajstić information content (AvgIpc) is 3.29. The predicted molar refractivity (Wildman–Crippen MR) is 123 cm³/mol. The van der Waals surface area contributed by atoms with Crippen LogP contribution in [0.2, 0.25) is 0 Å². The second-order valence-electron chi connectivity index (χ2n) is 7.88. The maximum Gasteiger partial charge on any atom is 0.319 e. The predicted octanol–water partition coefficient (Wildman–Crippen LogP) is 5.90. The van der Waals surface area contributed by atoms with E-state index in [-0.39, 0.29) is 23.8 Å². The molecule has 0 saturated carbocycles. The summed E-state index contributed by atoms with van der Waals surface area (Å²) in [6, 6.07) is 16.6. The first-order valence-electron chi connectivity index (χ1n) is 10.4. The van der Waals surface area contributed by atoms with E-state index in [0.717, 1.165) is 46.8 Å². The maximum absolute atomic E-state index is 13.8. The minimum atomic E-state index is -0.226. The summed E-state index contributed by atoms with van der Waals surface area (Å²) in [7, 11) is 0. The fraction of sp³-hybridized carbons (Fsp3) is 0.200. The summed E-state index contributed by atoms with van der Waals surface area (Å²) >= 11 is 1.71. The topological polar surface area (TPSA) is 54.0 Å². The number of fused-ring (bicyclic) bond motifs is 2. The zero-order valence-electron chi connectivity index (χ0n) is 16.8. The van der Waals surface area contributed by atoms with Gasteiger partial charge in [0.15, 0.2) is 0 Å². The molecule has 6 heteroatoms. The second kappa shape index (κ2) is 8.47. The summed E-state index contributed by atoms with van der Waals surface area (Å²) in [5, 5.41) is 10.2. The average molecular weight is 432 g/mol. The number of anilines is 1. The highest BCUT2D eigenvalue weighted by molar-refractivity contribution is 7.09. The van der Waals surface area contributed by atoms with Gasteiger partial charge in [-0.2, -0.15) is 0 Å². The summed E-state index contributed by atoms with van der Waals surface area (Å²) in [4.78, 5) is 18.3. The number of rotatable bonds is 4. The number of hydrogen-bond donors (Lipinski definition) is 2. The molecule has 5 rings (SSSR count). The highest BCUT2D eigenvalue weighted by Crippen LogP contribution is 2.36. The molecule has 2 aromatic heterocycles. The molecule has 2 N–H and O–H groups in total. The van der Waals surface area contributed by atoms with Gasteiger partial charge in [0, 0.05) is 40.0 Å². The zero-order chi connectivity index (χ0) is 21.2. The van der Waals surface area contributed by atoms with Gasteiger partial charge in [-0.1, -0.05) is 24.3 Å². The molecule has 0 fully saturated rings. The van der Waals surface area contributed by atoms with Crippen LogP contribution in [-0.2, 0) is 12.8 Å². The number of urea groups is 1. The number of nitrogens with zero attached hydrogens (tertiary/aromatic N) is 1. The molecule has 156 valence electrons. The van der Waals surface area contributed by atoms with E-state index in [0.29, 0.717) is 0 Å². The molecule has 2 atom stereocenters. The van der Waals surface area contributed by atoms with Crippen LogP contribution in [0, 0.1) is 5.82 Å². The Morgan fingerprint density at radius 1 is 1.16 bits per heavy atom. The van der Waals surface area contributed by atoms with Crippen molar-refractivity contribution in [3.63, 3.8) is 0 Å². The van der Waals surface area contributed by atoms with Gasteiger partial charge in [0.05, 0.1) is 5.69 Å². The number of carbonyl (C=O) groups excluding carboxylic acids is 1. The first kappa shape index (κ1) is 19.7. The Morgan fingerprint density at radius 2 is 2.10 bits per heavy atom. The third-order valence-electron chi connectivity index (χ3n) is 5.96. The Morgan fingerprint density at radius 3 is 2.97 bits per heavy atom. The van der Waals surface area contributed by atoms with Crippen LogP contribution in [0.4, 0.5) is 14.9 Å². The molecular weight excluding hydrogens is 409 g/mol. The van der Waals surface area contributed by atoms with Gasteiger partial charge in [0.25, 0.3) is 0 Å². The molecule has 1 aliphatic rings. The number of thiophene rings is 1. The van der Waals surface area contributed by atoms with Crippen molar-refractivity contribution in [3.8, 4) is 0 Å². The molecule has 0 radical (unpaired) electrons. The molecule has 0 aliphatic heterocycles. The quantitative estimate of drug-likeness (QED) is 0.423. The van der Waals surface area contributed by atoms with Crippen LogP contribution < -0.4 is 10.6 Å².